The minimum absolute atomic E-state index is 0.270. The molecule has 0 spiro atoms. The lowest BCUT2D eigenvalue weighted by atomic mass is 10.1. The van der Waals surface area contributed by atoms with Gasteiger partial charge in [0.15, 0.2) is 0 Å². The predicted octanol–water partition coefficient (Wildman–Crippen LogP) is 5.17. The molecule has 0 amide bonds. The molecule has 0 aliphatic rings. The Kier molecular flexibility index (Phi) is 15.5. The van der Waals surface area contributed by atoms with E-state index in [9.17, 15) is 4.79 Å². The van der Waals surface area contributed by atoms with Crippen LogP contribution in [0.2, 0.25) is 0 Å². The summed E-state index contributed by atoms with van der Waals surface area (Å²) in [7, 11) is 0. The summed E-state index contributed by atoms with van der Waals surface area (Å²) in [5, 5.41) is 8.48. The van der Waals surface area contributed by atoms with Crippen molar-refractivity contribution in [2.24, 2.45) is 0 Å². The monoisotopic (exact) mass is 290 g/mol. The van der Waals surface area contributed by atoms with E-state index in [1.54, 1.807) is 0 Å². The topological polar surface area (TPSA) is 37.3 Å². The van der Waals surface area contributed by atoms with Gasteiger partial charge in [-0.2, -0.15) is 0 Å². The molecule has 0 saturated carbocycles. The summed E-state index contributed by atoms with van der Waals surface area (Å²) in [5.41, 5.74) is 0. The van der Waals surface area contributed by atoms with E-state index in [1.807, 2.05) is 0 Å². The number of carbonyl (C=O) groups is 1. The zero-order chi connectivity index (χ0) is 15.6. The fourth-order valence-electron chi connectivity index (χ4n) is 2.05. The van der Waals surface area contributed by atoms with Crippen molar-refractivity contribution in [3.05, 3.63) is 0 Å². The van der Waals surface area contributed by atoms with Crippen LogP contribution >= 0.6 is 0 Å². The molecule has 0 aromatic heterocycles. The van der Waals surface area contributed by atoms with Crippen molar-refractivity contribution in [1.29, 1.82) is 0 Å². The third-order valence-electron chi connectivity index (χ3n) is 3.34. The molecule has 0 atom stereocenters. The van der Waals surface area contributed by atoms with Gasteiger partial charge in [-0.25, -0.2) is 0 Å². The van der Waals surface area contributed by atoms with Crippen molar-refractivity contribution in [2.75, 3.05) is 0 Å². The smallest absolute Gasteiger partial charge is 0.303 e. The van der Waals surface area contributed by atoms with Crippen molar-refractivity contribution >= 4 is 5.97 Å². The first-order valence-corrected chi connectivity index (χ1v) is 8.45. The molecule has 0 bridgehead atoms. The van der Waals surface area contributed by atoms with E-state index in [1.165, 1.54) is 44.9 Å². The summed E-state index contributed by atoms with van der Waals surface area (Å²) in [5.74, 6) is 11.2. The largest absolute Gasteiger partial charge is 0.481 e. The molecular formula is C19H30O2. The summed E-state index contributed by atoms with van der Waals surface area (Å²) < 4.78 is 0. The molecule has 0 radical (unpaired) electrons. The zero-order valence-corrected chi connectivity index (χ0v) is 13.5. The van der Waals surface area contributed by atoms with Gasteiger partial charge < -0.3 is 5.11 Å². The lowest BCUT2D eigenvalue weighted by molar-refractivity contribution is -0.137. The molecule has 0 heterocycles. The molecule has 2 nitrogen and oxygen atoms in total. The summed E-state index contributed by atoms with van der Waals surface area (Å²) in [4.78, 5) is 10.3. The Bertz CT molecular complexity index is 362. The standard InChI is InChI=1S/C19H30O2/c1-2-3-4-5-6-7-8-9-10-11-12-13-14-15-16-17-18-19(20)21/h2-9,14-18H2,1H3,(H,20,21). The van der Waals surface area contributed by atoms with Crippen LogP contribution in [0.5, 0.6) is 0 Å². The van der Waals surface area contributed by atoms with Crippen molar-refractivity contribution in [3.8, 4) is 23.7 Å². The first-order valence-electron chi connectivity index (χ1n) is 8.45. The van der Waals surface area contributed by atoms with E-state index >= 15 is 0 Å². The Morgan fingerprint density at radius 1 is 0.762 bits per heavy atom. The van der Waals surface area contributed by atoms with Crippen molar-refractivity contribution in [1.82, 2.24) is 0 Å². The van der Waals surface area contributed by atoms with E-state index in [0.29, 0.717) is 0 Å². The highest BCUT2D eigenvalue weighted by molar-refractivity contribution is 5.66. The fourth-order valence-corrected chi connectivity index (χ4v) is 2.05. The SMILES string of the molecule is CCCCCCCCCC#CC#CCCCCCC(=O)O. The van der Waals surface area contributed by atoms with E-state index in [2.05, 4.69) is 30.6 Å². The van der Waals surface area contributed by atoms with Gasteiger partial charge in [0.05, 0.1) is 0 Å². The molecule has 118 valence electrons. The molecule has 0 aromatic rings. The van der Waals surface area contributed by atoms with Gasteiger partial charge in [0, 0.05) is 19.3 Å². The van der Waals surface area contributed by atoms with Gasteiger partial charge in [-0.1, -0.05) is 63.7 Å². The summed E-state index contributed by atoms with van der Waals surface area (Å²) in [6.45, 7) is 2.24. The second kappa shape index (κ2) is 16.6. The number of hydrogen-bond acceptors (Lipinski definition) is 1. The fraction of sp³-hybridized carbons (Fsp3) is 0.737. The molecule has 0 saturated heterocycles. The number of hydrogen-bond donors (Lipinski definition) is 1. The Morgan fingerprint density at radius 2 is 1.24 bits per heavy atom. The molecule has 0 fully saturated rings. The van der Waals surface area contributed by atoms with E-state index in [0.717, 1.165) is 32.1 Å². The number of carboxylic acid groups (broad SMARTS) is 1. The van der Waals surface area contributed by atoms with Crippen molar-refractivity contribution in [2.45, 2.75) is 90.4 Å². The van der Waals surface area contributed by atoms with Crippen molar-refractivity contribution in [3.63, 3.8) is 0 Å². The highest BCUT2D eigenvalue weighted by Crippen LogP contribution is 2.07. The minimum Gasteiger partial charge on any atom is -0.481 e. The Hall–Kier alpha value is -1.41. The van der Waals surface area contributed by atoms with E-state index in [-0.39, 0.29) is 6.42 Å². The molecule has 21 heavy (non-hydrogen) atoms. The number of unbranched alkanes of at least 4 members (excludes halogenated alkanes) is 10. The highest BCUT2D eigenvalue weighted by atomic mass is 16.4. The maximum Gasteiger partial charge on any atom is 0.303 e. The second-order valence-corrected chi connectivity index (χ2v) is 5.43. The van der Waals surface area contributed by atoms with Crippen LogP contribution in [0.3, 0.4) is 0 Å². The van der Waals surface area contributed by atoms with E-state index < -0.39 is 5.97 Å². The Morgan fingerprint density at radius 3 is 1.76 bits per heavy atom. The molecule has 0 aliphatic heterocycles. The van der Waals surface area contributed by atoms with Gasteiger partial charge in [-0.05, 0) is 31.1 Å². The quantitative estimate of drug-likeness (QED) is 0.398. The zero-order valence-electron chi connectivity index (χ0n) is 13.5. The average Bonchev–Trinajstić information content (AvgIpc) is 2.46. The maximum absolute atomic E-state index is 10.3. The van der Waals surface area contributed by atoms with Crippen LogP contribution in [0.4, 0.5) is 0 Å². The second-order valence-electron chi connectivity index (χ2n) is 5.43. The lowest BCUT2D eigenvalue weighted by Gasteiger charge is -1.97. The van der Waals surface area contributed by atoms with Crippen LogP contribution in [0.25, 0.3) is 0 Å². The maximum atomic E-state index is 10.3. The van der Waals surface area contributed by atoms with Gasteiger partial charge in [0.25, 0.3) is 0 Å². The van der Waals surface area contributed by atoms with Crippen LogP contribution in [-0.2, 0) is 4.79 Å². The van der Waals surface area contributed by atoms with Crippen LogP contribution < -0.4 is 0 Å². The summed E-state index contributed by atoms with van der Waals surface area (Å²) >= 11 is 0. The van der Waals surface area contributed by atoms with Gasteiger partial charge in [0.2, 0.25) is 0 Å². The van der Waals surface area contributed by atoms with E-state index in [4.69, 9.17) is 5.11 Å². The molecule has 2 heteroatoms. The van der Waals surface area contributed by atoms with Crippen molar-refractivity contribution < 1.29 is 9.90 Å². The van der Waals surface area contributed by atoms with Crippen LogP contribution in [0.15, 0.2) is 0 Å². The van der Waals surface area contributed by atoms with Crippen LogP contribution in [0, 0.1) is 23.7 Å². The number of aliphatic carboxylic acids is 1. The number of rotatable bonds is 12. The molecule has 0 aliphatic carbocycles. The Balaban J connectivity index is 3.29. The van der Waals surface area contributed by atoms with Crippen LogP contribution in [-0.4, -0.2) is 11.1 Å². The first-order chi connectivity index (χ1) is 10.3. The van der Waals surface area contributed by atoms with Gasteiger partial charge in [-0.15, -0.1) is 0 Å². The third-order valence-corrected chi connectivity index (χ3v) is 3.34. The molecule has 0 unspecified atom stereocenters. The predicted molar refractivity (Wildman–Crippen MR) is 88.9 cm³/mol. The van der Waals surface area contributed by atoms with Gasteiger partial charge in [0.1, 0.15) is 0 Å². The molecule has 0 rings (SSSR count). The average molecular weight is 290 g/mol. The Labute approximate surface area is 130 Å². The van der Waals surface area contributed by atoms with Crippen LogP contribution in [0.1, 0.15) is 90.4 Å². The minimum atomic E-state index is -0.711. The van der Waals surface area contributed by atoms with Gasteiger partial charge in [-0.3, -0.25) is 4.79 Å². The third kappa shape index (κ3) is 18.6. The first kappa shape index (κ1) is 19.6. The summed E-state index contributed by atoms with van der Waals surface area (Å²) in [6, 6.07) is 0. The highest BCUT2D eigenvalue weighted by Gasteiger charge is 1.94. The normalized spacial score (nSPS) is 9.38. The number of carboxylic acids is 1. The van der Waals surface area contributed by atoms with Gasteiger partial charge >= 0.3 is 5.97 Å². The summed E-state index contributed by atoms with van der Waals surface area (Å²) in [6.07, 6.45) is 13.9. The molecule has 1 N–H and O–H groups in total. The molecular weight excluding hydrogens is 260 g/mol. The lowest BCUT2D eigenvalue weighted by Crippen LogP contribution is -1.93. The molecule has 0 aromatic carbocycles.